The molecular weight excluding hydrogens is 138 g/mol. The lowest BCUT2D eigenvalue weighted by Crippen LogP contribution is -2.09. The van der Waals surface area contributed by atoms with Crippen molar-refractivity contribution in [1.29, 1.82) is 0 Å². The standard InChI is InChI=1S/C8H13N3/c1-9-4-8-5-10-6-11(8)7-2-3-7/h5-7,9H,2-4H2,1H3. The van der Waals surface area contributed by atoms with E-state index in [0.29, 0.717) is 0 Å². The summed E-state index contributed by atoms with van der Waals surface area (Å²) in [6, 6.07) is 0.751. The minimum absolute atomic E-state index is 0.751. The second-order valence-electron chi connectivity index (χ2n) is 3.05. The number of imidazole rings is 1. The lowest BCUT2D eigenvalue weighted by molar-refractivity contribution is 0.661. The summed E-state index contributed by atoms with van der Waals surface area (Å²) in [5.41, 5.74) is 1.30. The van der Waals surface area contributed by atoms with E-state index in [9.17, 15) is 0 Å². The topological polar surface area (TPSA) is 29.9 Å². The molecule has 0 unspecified atom stereocenters. The van der Waals surface area contributed by atoms with E-state index in [4.69, 9.17) is 0 Å². The molecule has 0 amide bonds. The Hall–Kier alpha value is -0.830. The van der Waals surface area contributed by atoms with Crippen molar-refractivity contribution in [2.24, 2.45) is 0 Å². The Morgan fingerprint density at radius 1 is 1.73 bits per heavy atom. The Balaban J connectivity index is 2.16. The lowest BCUT2D eigenvalue weighted by Gasteiger charge is -2.04. The quantitative estimate of drug-likeness (QED) is 0.696. The zero-order valence-corrected chi connectivity index (χ0v) is 6.75. The molecule has 1 heterocycles. The molecule has 11 heavy (non-hydrogen) atoms. The van der Waals surface area contributed by atoms with Crippen LogP contribution in [0.3, 0.4) is 0 Å². The molecule has 2 rings (SSSR count). The fraction of sp³-hybridized carbons (Fsp3) is 0.625. The summed E-state index contributed by atoms with van der Waals surface area (Å²) in [4.78, 5) is 4.12. The third-order valence-electron chi connectivity index (χ3n) is 2.04. The molecule has 60 valence electrons. The fourth-order valence-electron chi connectivity index (χ4n) is 1.33. The summed E-state index contributed by atoms with van der Waals surface area (Å²) in [6.45, 7) is 0.927. The Morgan fingerprint density at radius 3 is 3.18 bits per heavy atom. The van der Waals surface area contributed by atoms with Crippen LogP contribution in [0.25, 0.3) is 0 Å². The van der Waals surface area contributed by atoms with E-state index in [0.717, 1.165) is 12.6 Å². The van der Waals surface area contributed by atoms with E-state index in [1.165, 1.54) is 18.5 Å². The van der Waals surface area contributed by atoms with Crippen molar-refractivity contribution in [3.8, 4) is 0 Å². The molecule has 0 spiro atoms. The first-order chi connectivity index (χ1) is 5.42. The summed E-state index contributed by atoms with van der Waals surface area (Å²) in [7, 11) is 1.96. The number of nitrogens with zero attached hydrogens (tertiary/aromatic N) is 2. The first kappa shape index (κ1) is 6.85. The van der Waals surface area contributed by atoms with Gasteiger partial charge in [0, 0.05) is 18.8 Å². The average molecular weight is 151 g/mol. The van der Waals surface area contributed by atoms with E-state index in [2.05, 4.69) is 14.9 Å². The molecule has 1 aromatic heterocycles. The number of rotatable bonds is 3. The molecule has 0 aromatic carbocycles. The van der Waals surface area contributed by atoms with E-state index >= 15 is 0 Å². The Kier molecular flexibility index (Phi) is 1.66. The highest BCUT2D eigenvalue weighted by Crippen LogP contribution is 2.35. The van der Waals surface area contributed by atoms with Crippen LogP contribution in [0, 0.1) is 0 Å². The normalized spacial score (nSPS) is 17.2. The van der Waals surface area contributed by atoms with E-state index < -0.39 is 0 Å². The first-order valence-electron chi connectivity index (χ1n) is 4.07. The van der Waals surface area contributed by atoms with Gasteiger partial charge < -0.3 is 9.88 Å². The summed E-state index contributed by atoms with van der Waals surface area (Å²) >= 11 is 0. The fourth-order valence-corrected chi connectivity index (χ4v) is 1.33. The molecule has 1 fully saturated rings. The van der Waals surface area contributed by atoms with Gasteiger partial charge in [0.2, 0.25) is 0 Å². The third kappa shape index (κ3) is 1.28. The Labute approximate surface area is 66.4 Å². The monoisotopic (exact) mass is 151 g/mol. The van der Waals surface area contributed by atoms with Crippen molar-refractivity contribution in [2.45, 2.75) is 25.4 Å². The van der Waals surface area contributed by atoms with Crippen LogP contribution < -0.4 is 5.32 Å². The van der Waals surface area contributed by atoms with Gasteiger partial charge in [0.1, 0.15) is 0 Å². The van der Waals surface area contributed by atoms with Gasteiger partial charge >= 0.3 is 0 Å². The maximum atomic E-state index is 4.12. The van der Waals surface area contributed by atoms with Crippen molar-refractivity contribution >= 4 is 0 Å². The van der Waals surface area contributed by atoms with Crippen LogP contribution in [0.2, 0.25) is 0 Å². The molecule has 1 N–H and O–H groups in total. The highest BCUT2D eigenvalue weighted by molar-refractivity contribution is 5.02. The minimum Gasteiger partial charge on any atom is -0.330 e. The van der Waals surface area contributed by atoms with E-state index in [1.54, 1.807) is 0 Å². The number of hydrogen-bond donors (Lipinski definition) is 1. The predicted molar refractivity (Wildman–Crippen MR) is 43.3 cm³/mol. The van der Waals surface area contributed by atoms with Gasteiger partial charge in [0.15, 0.2) is 0 Å². The predicted octanol–water partition coefficient (Wildman–Crippen LogP) is 0.937. The average Bonchev–Trinajstić information content (AvgIpc) is 2.75. The smallest absolute Gasteiger partial charge is 0.0951 e. The SMILES string of the molecule is CNCc1cncn1C1CC1. The number of nitrogens with one attached hydrogen (secondary N) is 1. The molecule has 3 heteroatoms. The Morgan fingerprint density at radius 2 is 2.55 bits per heavy atom. The maximum Gasteiger partial charge on any atom is 0.0951 e. The lowest BCUT2D eigenvalue weighted by atomic mass is 10.4. The van der Waals surface area contributed by atoms with Gasteiger partial charge in [-0.1, -0.05) is 0 Å². The summed E-state index contributed by atoms with van der Waals surface area (Å²) in [6.07, 6.45) is 6.53. The van der Waals surface area contributed by atoms with Gasteiger partial charge in [0.25, 0.3) is 0 Å². The molecule has 1 saturated carbocycles. The van der Waals surface area contributed by atoms with Gasteiger partial charge in [-0.2, -0.15) is 0 Å². The molecule has 0 saturated heterocycles. The molecule has 3 nitrogen and oxygen atoms in total. The largest absolute Gasteiger partial charge is 0.330 e. The van der Waals surface area contributed by atoms with Crippen molar-refractivity contribution in [2.75, 3.05) is 7.05 Å². The van der Waals surface area contributed by atoms with Crippen molar-refractivity contribution in [3.63, 3.8) is 0 Å². The molecule has 0 aliphatic heterocycles. The summed E-state index contributed by atoms with van der Waals surface area (Å²) in [5.74, 6) is 0. The zero-order chi connectivity index (χ0) is 7.68. The second-order valence-corrected chi connectivity index (χ2v) is 3.05. The van der Waals surface area contributed by atoms with Crippen LogP contribution in [0.15, 0.2) is 12.5 Å². The molecule has 0 atom stereocenters. The molecule has 0 bridgehead atoms. The molecule has 1 aliphatic carbocycles. The number of hydrogen-bond acceptors (Lipinski definition) is 2. The van der Waals surface area contributed by atoms with Crippen molar-refractivity contribution in [1.82, 2.24) is 14.9 Å². The van der Waals surface area contributed by atoms with Gasteiger partial charge in [-0.15, -0.1) is 0 Å². The highest BCUT2D eigenvalue weighted by Gasteiger charge is 2.24. The molecule has 1 aromatic rings. The van der Waals surface area contributed by atoms with Gasteiger partial charge in [-0.3, -0.25) is 0 Å². The van der Waals surface area contributed by atoms with Crippen LogP contribution in [-0.2, 0) is 6.54 Å². The second kappa shape index (κ2) is 2.66. The van der Waals surface area contributed by atoms with Crippen LogP contribution >= 0.6 is 0 Å². The van der Waals surface area contributed by atoms with Crippen LogP contribution in [0.5, 0.6) is 0 Å². The molecule has 1 aliphatic rings. The highest BCUT2D eigenvalue weighted by atomic mass is 15.1. The number of aromatic nitrogens is 2. The van der Waals surface area contributed by atoms with Crippen molar-refractivity contribution < 1.29 is 0 Å². The molecular formula is C8H13N3. The maximum absolute atomic E-state index is 4.12. The summed E-state index contributed by atoms with van der Waals surface area (Å²) < 4.78 is 2.27. The van der Waals surface area contributed by atoms with Gasteiger partial charge in [0.05, 0.1) is 12.0 Å². The minimum atomic E-state index is 0.751. The first-order valence-corrected chi connectivity index (χ1v) is 4.07. The van der Waals surface area contributed by atoms with Gasteiger partial charge in [-0.25, -0.2) is 4.98 Å². The van der Waals surface area contributed by atoms with Gasteiger partial charge in [-0.05, 0) is 19.9 Å². The van der Waals surface area contributed by atoms with E-state index in [-0.39, 0.29) is 0 Å². The third-order valence-corrected chi connectivity index (χ3v) is 2.04. The summed E-state index contributed by atoms with van der Waals surface area (Å²) in [5, 5.41) is 3.13. The van der Waals surface area contributed by atoms with Crippen molar-refractivity contribution in [3.05, 3.63) is 18.2 Å². The van der Waals surface area contributed by atoms with Crippen LogP contribution in [0.1, 0.15) is 24.6 Å². The Bertz CT molecular complexity index is 237. The van der Waals surface area contributed by atoms with Crippen LogP contribution in [-0.4, -0.2) is 16.6 Å². The zero-order valence-electron chi connectivity index (χ0n) is 6.75. The van der Waals surface area contributed by atoms with Crippen LogP contribution in [0.4, 0.5) is 0 Å². The molecule has 0 radical (unpaired) electrons. The van der Waals surface area contributed by atoms with E-state index in [1.807, 2.05) is 19.6 Å².